The largest absolute Gasteiger partial charge is 0.480 e. The lowest BCUT2D eigenvalue weighted by atomic mass is 10.2. The van der Waals surface area contributed by atoms with Gasteiger partial charge >= 0.3 is 5.97 Å². The van der Waals surface area contributed by atoms with Crippen molar-refractivity contribution in [1.82, 2.24) is 4.90 Å². The van der Waals surface area contributed by atoms with E-state index in [9.17, 15) is 4.79 Å². The first-order chi connectivity index (χ1) is 7.16. The number of carbonyl (C=O) groups is 1. The number of likely N-dealkylation sites (tertiary alicyclic amines) is 1. The summed E-state index contributed by atoms with van der Waals surface area (Å²) in [5.74, 6) is -0.714. The van der Waals surface area contributed by atoms with Gasteiger partial charge in [0.05, 0.1) is 4.34 Å². The average molecular weight is 246 g/mol. The number of halogens is 1. The number of nitrogens with zero attached hydrogens (tertiary/aromatic N) is 1. The molecule has 1 fully saturated rings. The highest BCUT2D eigenvalue weighted by atomic mass is 35.5. The molecule has 0 aliphatic carbocycles. The molecule has 3 nitrogen and oxygen atoms in total. The fourth-order valence-corrected chi connectivity index (χ4v) is 2.86. The van der Waals surface area contributed by atoms with Crippen LogP contribution in [0.1, 0.15) is 18.4 Å². The second-order valence-corrected chi connectivity index (χ2v) is 5.27. The fraction of sp³-hybridized carbons (Fsp3) is 0.500. The topological polar surface area (TPSA) is 40.5 Å². The van der Waals surface area contributed by atoms with Gasteiger partial charge in [-0.3, -0.25) is 9.69 Å². The van der Waals surface area contributed by atoms with E-state index in [0.29, 0.717) is 6.54 Å². The van der Waals surface area contributed by atoms with Crippen molar-refractivity contribution >= 4 is 28.9 Å². The molecular formula is C10H12ClNO2S. The van der Waals surface area contributed by atoms with Gasteiger partial charge in [0.1, 0.15) is 6.04 Å². The molecule has 2 heterocycles. The highest BCUT2D eigenvalue weighted by Crippen LogP contribution is 2.24. The molecule has 1 aromatic rings. The predicted molar refractivity (Wildman–Crippen MR) is 60.4 cm³/mol. The quantitative estimate of drug-likeness (QED) is 0.889. The van der Waals surface area contributed by atoms with E-state index in [1.807, 2.05) is 16.3 Å². The number of aliphatic carboxylic acids is 1. The summed E-state index contributed by atoms with van der Waals surface area (Å²) in [5.41, 5.74) is 1.11. The van der Waals surface area contributed by atoms with Gasteiger partial charge in [-0.1, -0.05) is 11.6 Å². The van der Waals surface area contributed by atoms with Crippen molar-refractivity contribution in [2.24, 2.45) is 0 Å². The van der Waals surface area contributed by atoms with E-state index in [1.54, 1.807) is 0 Å². The lowest BCUT2D eigenvalue weighted by molar-refractivity contribution is -0.142. The summed E-state index contributed by atoms with van der Waals surface area (Å²) < 4.78 is 0.760. The van der Waals surface area contributed by atoms with Crippen LogP contribution in [0.5, 0.6) is 0 Å². The van der Waals surface area contributed by atoms with Gasteiger partial charge in [0.2, 0.25) is 0 Å². The number of hydrogen-bond donors (Lipinski definition) is 1. The molecule has 0 radical (unpaired) electrons. The molecule has 1 unspecified atom stereocenters. The standard InChI is InChI=1S/C10H12ClNO2S/c11-9-4-7(6-15-9)5-12-3-1-2-8(12)10(13)14/h4,6,8H,1-3,5H2,(H,13,14). The highest BCUT2D eigenvalue weighted by molar-refractivity contribution is 7.14. The number of rotatable bonds is 3. The molecule has 15 heavy (non-hydrogen) atoms. The zero-order valence-electron chi connectivity index (χ0n) is 8.15. The summed E-state index contributed by atoms with van der Waals surface area (Å²) in [7, 11) is 0. The third-order valence-electron chi connectivity index (χ3n) is 2.66. The minimum atomic E-state index is -0.714. The van der Waals surface area contributed by atoms with E-state index in [-0.39, 0.29) is 6.04 Å². The maximum absolute atomic E-state index is 10.9. The normalized spacial score (nSPS) is 22.1. The zero-order chi connectivity index (χ0) is 10.8. The van der Waals surface area contributed by atoms with Crippen molar-refractivity contribution in [3.63, 3.8) is 0 Å². The molecule has 0 amide bonds. The lowest BCUT2D eigenvalue weighted by Gasteiger charge is -2.19. The average Bonchev–Trinajstić information content (AvgIpc) is 2.75. The van der Waals surface area contributed by atoms with Crippen LogP contribution in [0.15, 0.2) is 11.4 Å². The van der Waals surface area contributed by atoms with Crippen molar-refractivity contribution in [3.8, 4) is 0 Å². The van der Waals surface area contributed by atoms with Crippen LogP contribution >= 0.6 is 22.9 Å². The smallest absolute Gasteiger partial charge is 0.320 e. The molecule has 1 atom stereocenters. The van der Waals surface area contributed by atoms with Gasteiger partial charge < -0.3 is 5.11 Å². The van der Waals surface area contributed by atoms with E-state index in [1.165, 1.54) is 11.3 Å². The van der Waals surface area contributed by atoms with Crippen molar-refractivity contribution in [3.05, 3.63) is 21.3 Å². The Labute approximate surface area is 97.3 Å². The number of carboxylic acids is 1. The molecule has 0 bridgehead atoms. The van der Waals surface area contributed by atoms with E-state index in [0.717, 1.165) is 29.3 Å². The van der Waals surface area contributed by atoms with Crippen molar-refractivity contribution in [2.45, 2.75) is 25.4 Å². The Hall–Kier alpha value is -0.580. The molecule has 82 valence electrons. The predicted octanol–water partition coefficient (Wildman–Crippen LogP) is 2.45. The third kappa shape index (κ3) is 2.51. The first-order valence-electron chi connectivity index (χ1n) is 4.86. The molecule has 1 aliphatic heterocycles. The van der Waals surface area contributed by atoms with Gasteiger partial charge in [0.15, 0.2) is 0 Å². The molecule has 0 aromatic carbocycles. The van der Waals surface area contributed by atoms with Gasteiger partial charge in [-0.25, -0.2) is 0 Å². The van der Waals surface area contributed by atoms with Gasteiger partial charge in [-0.15, -0.1) is 11.3 Å². The van der Waals surface area contributed by atoms with E-state index in [2.05, 4.69) is 0 Å². The first kappa shape index (κ1) is 10.9. The highest BCUT2D eigenvalue weighted by Gasteiger charge is 2.30. The zero-order valence-corrected chi connectivity index (χ0v) is 9.72. The number of thiophene rings is 1. The summed E-state index contributed by atoms with van der Waals surface area (Å²) in [5, 5.41) is 11.0. The van der Waals surface area contributed by atoms with Crippen LogP contribution in [-0.2, 0) is 11.3 Å². The fourth-order valence-electron chi connectivity index (χ4n) is 1.96. The summed E-state index contributed by atoms with van der Waals surface area (Å²) in [6, 6.07) is 1.59. The van der Waals surface area contributed by atoms with Crippen molar-refractivity contribution < 1.29 is 9.90 Å². The molecule has 0 saturated carbocycles. The van der Waals surface area contributed by atoms with Crippen molar-refractivity contribution in [1.29, 1.82) is 0 Å². The van der Waals surface area contributed by atoms with Crippen LogP contribution < -0.4 is 0 Å². The molecule has 1 aliphatic rings. The third-order valence-corrected chi connectivity index (χ3v) is 3.80. The second-order valence-electron chi connectivity index (χ2n) is 3.73. The van der Waals surface area contributed by atoms with Gasteiger partial charge in [0.25, 0.3) is 0 Å². The van der Waals surface area contributed by atoms with E-state index < -0.39 is 5.97 Å². The van der Waals surface area contributed by atoms with Crippen LogP contribution in [0.2, 0.25) is 4.34 Å². The Kier molecular flexibility index (Phi) is 3.29. The Bertz CT molecular complexity index is 366. The monoisotopic (exact) mass is 245 g/mol. The maximum atomic E-state index is 10.9. The Balaban J connectivity index is 2.02. The molecule has 2 rings (SSSR count). The molecule has 1 N–H and O–H groups in total. The Morgan fingerprint density at radius 1 is 1.73 bits per heavy atom. The van der Waals surface area contributed by atoms with Crippen LogP contribution in [0, 0.1) is 0 Å². The summed E-state index contributed by atoms with van der Waals surface area (Å²) in [4.78, 5) is 12.9. The lowest BCUT2D eigenvalue weighted by Crippen LogP contribution is -2.35. The number of carboxylic acid groups (broad SMARTS) is 1. The van der Waals surface area contributed by atoms with Gasteiger partial charge in [-0.2, -0.15) is 0 Å². The summed E-state index contributed by atoms with van der Waals surface area (Å²) in [6.45, 7) is 1.56. The molecule has 1 saturated heterocycles. The van der Waals surface area contributed by atoms with Crippen molar-refractivity contribution in [2.75, 3.05) is 6.54 Å². The van der Waals surface area contributed by atoms with Crippen LogP contribution in [0.25, 0.3) is 0 Å². The molecule has 0 spiro atoms. The van der Waals surface area contributed by atoms with Gasteiger partial charge in [-0.05, 0) is 36.4 Å². The Morgan fingerprint density at radius 3 is 3.13 bits per heavy atom. The van der Waals surface area contributed by atoms with E-state index in [4.69, 9.17) is 16.7 Å². The summed E-state index contributed by atoms with van der Waals surface area (Å²) >= 11 is 7.32. The second kappa shape index (κ2) is 4.51. The minimum absolute atomic E-state index is 0.316. The molecule has 1 aromatic heterocycles. The van der Waals surface area contributed by atoms with E-state index >= 15 is 0 Å². The van der Waals surface area contributed by atoms with Gasteiger partial charge in [0, 0.05) is 6.54 Å². The minimum Gasteiger partial charge on any atom is -0.480 e. The number of hydrogen-bond acceptors (Lipinski definition) is 3. The first-order valence-corrected chi connectivity index (χ1v) is 6.12. The molecular weight excluding hydrogens is 234 g/mol. The Morgan fingerprint density at radius 2 is 2.53 bits per heavy atom. The van der Waals surface area contributed by atoms with Crippen LogP contribution in [0.3, 0.4) is 0 Å². The SMILES string of the molecule is O=C(O)C1CCCN1Cc1csc(Cl)c1. The van der Waals surface area contributed by atoms with Crippen LogP contribution in [-0.4, -0.2) is 28.6 Å². The molecule has 5 heteroatoms. The summed E-state index contributed by atoms with van der Waals surface area (Å²) in [6.07, 6.45) is 1.72. The maximum Gasteiger partial charge on any atom is 0.320 e. The van der Waals surface area contributed by atoms with Crippen LogP contribution in [0.4, 0.5) is 0 Å².